The van der Waals surface area contributed by atoms with Crippen LogP contribution in [0.3, 0.4) is 0 Å². The predicted molar refractivity (Wildman–Crippen MR) is 98.2 cm³/mol. The summed E-state index contributed by atoms with van der Waals surface area (Å²) in [5.74, 6) is -1.42. The first-order valence-corrected chi connectivity index (χ1v) is 8.27. The summed E-state index contributed by atoms with van der Waals surface area (Å²) >= 11 is 11.8. The Morgan fingerprint density at radius 2 is 1.93 bits per heavy atom. The minimum atomic E-state index is -0.875. The highest BCUT2D eigenvalue weighted by Gasteiger charge is 2.19. The van der Waals surface area contributed by atoms with Crippen molar-refractivity contribution in [2.75, 3.05) is 13.7 Å². The van der Waals surface area contributed by atoms with E-state index in [1.165, 1.54) is 19.2 Å². The SMILES string of the molecule is COc1ccc(C(=O)OCC(=O)NCc2ccc(Cl)cc2Cl)cc1[N+](=O)[O-]. The molecule has 0 fully saturated rings. The molecule has 0 unspecified atom stereocenters. The number of nitro benzene ring substituents is 1. The van der Waals surface area contributed by atoms with E-state index in [2.05, 4.69) is 5.32 Å². The lowest BCUT2D eigenvalue weighted by Crippen LogP contribution is -2.28. The first-order valence-electron chi connectivity index (χ1n) is 7.52. The number of benzene rings is 2. The molecule has 0 aliphatic heterocycles. The summed E-state index contributed by atoms with van der Waals surface area (Å²) in [4.78, 5) is 34.1. The molecule has 0 aliphatic rings. The first-order chi connectivity index (χ1) is 12.8. The molecule has 8 nitrogen and oxygen atoms in total. The molecule has 1 N–H and O–H groups in total. The standard InChI is InChI=1S/C17H14Cl2N2O6/c1-26-15-5-3-10(6-14(15)21(24)25)17(23)27-9-16(22)20-8-11-2-4-12(18)7-13(11)19/h2-7H,8-9H2,1H3,(H,20,22). The number of nitro groups is 1. The summed E-state index contributed by atoms with van der Waals surface area (Å²) in [6.45, 7) is -0.426. The van der Waals surface area contributed by atoms with Crippen molar-refractivity contribution >= 4 is 40.8 Å². The van der Waals surface area contributed by atoms with Crippen LogP contribution in [0, 0.1) is 10.1 Å². The molecule has 2 aromatic carbocycles. The highest BCUT2D eigenvalue weighted by atomic mass is 35.5. The Morgan fingerprint density at radius 1 is 1.19 bits per heavy atom. The summed E-state index contributed by atoms with van der Waals surface area (Å²) in [5, 5.41) is 14.4. The van der Waals surface area contributed by atoms with E-state index in [0.29, 0.717) is 15.6 Å². The molecule has 0 aliphatic carbocycles. The average molecular weight is 413 g/mol. The van der Waals surface area contributed by atoms with Crippen LogP contribution in [0.5, 0.6) is 5.75 Å². The summed E-state index contributed by atoms with van der Waals surface area (Å²) in [6, 6.07) is 8.43. The molecular weight excluding hydrogens is 399 g/mol. The quantitative estimate of drug-likeness (QED) is 0.424. The van der Waals surface area contributed by atoms with Gasteiger partial charge in [0.2, 0.25) is 0 Å². The summed E-state index contributed by atoms with van der Waals surface area (Å²) in [6.07, 6.45) is 0. The summed E-state index contributed by atoms with van der Waals surface area (Å²) < 4.78 is 9.72. The Labute approximate surface area is 164 Å². The van der Waals surface area contributed by atoms with Crippen molar-refractivity contribution in [3.05, 3.63) is 67.7 Å². The van der Waals surface area contributed by atoms with Gasteiger partial charge in [-0.25, -0.2) is 4.79 Å². The van der Waals surface area contributed by atoms with Gasteiger partial charge in [-0.3, -0.25) is 14.9 Å². The number of ether oxygens (including phenoxy) is 2. The van der Waals surface area contributed by atoms with Gasteiger partial charge in [0, 0.05) is 22.7 Å². The van der Waals surface area contributed by atoms with Crippen LogP contribution in [0.2, 0.25) is 10.0 Å². The van der Waals surface area contributed by atoms with Gasteiger partial charge in [-0.1, -0.05) is 29.3 Å². The zero-order valence-electron chi connectivity index (χ0n) is 14.0. The van der Waals surface area contributed by atoms with Crippen LogP contribution < -0.4 is 10.1 Å². The van der Waals surface area contributed by atoms with Gasteiger partial charge in [0.05, 0.1) is 17.6 Å². The van der Waals surface area contributed by atoms with E-state index in [1.807, 2.05) is 0 Å². The molecule has 0 atom stereocenters. The second kappa shape index (κ2) is 9.20. The Hall–Kier alpha value is -2.84. The summed E-state index contributed by atoms with van der Waals surface area (Å²) in [7, 11) is 1.28. The molecule has 2 rings (SSSR count). The lowest BCUT2D eigenvalue weighted by atomic mass is 10.2. The topological polar surface area (TPSA) is 108 Å². The maximum Gasteiger partial charge on any atom is 0.338 e. The van der Waals surface area contributed by atoms with E-state index in [9.17, 15) is 19.7 Å². The van der Waals surface area contributed by atoms with Crippen molar-refractivity contribution in [1.82, 2.24) is 5.32 Å². The zero-order valence-corrected chi connectivity index (χ0v) is 15.5. The third-order valence-electron chi connectivity index (χ3n) is 3.44. The minimum Gasteiger partial charge on any atom is -0.490 e. The van der Waals surface area contributed by atoms with Gasteiger partial charge >= 0.3 is 11.7 Å². The zero-order chi connectivity index (χ0) is 20.0. The number of rotatable bonds is 7. The Morgan fingerprint density at radius 3 is 2.56 bits per heavy atom. The number of methoxy groups -OCH3 is 1. The van der Waals surface area contributed by atoms with Crippen LogP contribution in [0.1, 0.15) is 15.9 Å². The van der Waals surface area contributed by atoms with Crippen LogP contribution in [-0.2, 0) is 16.1 Å². The van der Waals surface area contributed by atoms with Gasteiger partial charge in [-0.2, -0.15) is 0 Å². The number of hydrogen-bond donors (Lipinski definition) is 1. The van der Waals surface area contributed by atoms with E-state index in [4.69, 9.17) is 32.7 Å². The molecular formula is C17H14Cl2N2O6. The largest absolute Gasteiger partial charge is 0.490 e. The number of amides is 1. The molecule has 0 saturated heterocycles. The third kappa shape index (κ3) is 5.57. The number of halogens is 2. The molecule has 1 amide bonds. The summed E-state index contributed by atoms with van der Waals surface area (Å²) in [5.41, 5.74) is 0.191. The molecule has 0 spiro atoms. The van der Waals surface area contributed by atoms with Gasteiger partial charge in [-0.05, 0) is 29.8 Å². The van der Waals surface area contributed by atoms with E-state index < -0.39 is 23.4 Å². The van der Waals surface area contributed by atoms with Crippen LogP contribution >= 0.6 is 23.2 Å². The highest BCUT2D eigenvalue weighted by Crippen LogP contribution is 2.27. The lowest BCUT2D eigenvalue weighted by molar-refractivity contribution is -0.385. The van der Waals surface area contributed by atoms with Crippen molar-refractivity contribution in [3.63, 3.8) is 0 Å². The fourth-order valence-corrected chi connectivity index (χ4v) is 2.56. The molecule has 0 heterocycles. The molecule has 0 bridgehead atoms. The van der Waals surface area contributed by atoms with Crippen molar-refractivity contribution < 1.29 is 24.0 Å². The molecule has 0 radical (unpaired) electrons. The molecule has 0 saturated carbocycles. The van der Waals surface area contributed by atoms with E-state index in [-0.39, 0.29) is 23.5 Å². The smallest absolute Gasteiger partial charge is 0.338 e. The number of carbonyl (C=O) groups excluding carboxylic acids is 2. The molecule has 142 valence electrons. The average Bonchev–Trinajstić information content (AvgIpc) is 2.64. The van der Waals surface area contributed by atoms with E-state index >= 15 is 0 Å². The lowest BCUT2D eigenvalue weighted by Gasteiger charge is -2.09. The Kier molecular flexibility index (Phi) is 6.98. The predicted octanol–water partition coefficient (Wildman–Crippen LogP) is 3.38. The Balaban J connectivity index is 1.92. The van der Waals surface area contributed by atoms with Crippen LogP contribution in [0.15, 0.2) is 36.4 Å². The highest BCUT2D eigenvalue weighted by molar-refractivity contribution is 6.35. The molecule has 27 heavy (non-hydrogen) atoms. The van der Waals surface area contributed by atoms with Crippen molar-refractivity contribution in [2.45, 2.75) is 6.54 Å². The van der Waals surface area contributed by atoms with Crippen molar-refractivity contribution in [3.8, 4) is 5.75 Å². The number of hydrogen-bond acceptors (Lipinski definition) is 6. The second-order valence-electron chi connectivity index (χ2n) is 5.23. The van der Waals surface area contributed by atoms with Gasteiger partial charge in [0.15, 0.2) is 12.4 Å². The van der Waals surface area contributed by atoms with Gasteiger partial charge in [0.1, 0.15) is 0 Å². The molecule has 10 heteroatoms. The van der Waals surface area contributed by atoms with E-state index in [0.717, 1.165) is 6.07 Å². The van der Waals surface area contributed by atoms with Crippen molar-refractivity contribution in [2.24, 2.45) is 0 Å². The fourth-order valence-electron chi connectivity index (χ4n) is 2.08. The maximum absolute atomic E-state index is 12.0. The van der Waals surface area contributed by atoms with Gasteiger partial charge in [0.25, 0.3) is 5.91 Å². The number of esters is 1. The van der Waals surface area contributed by atoms with Crippen LogP contribution in [0.4, 0.5) is 5.69 Å². The maximum atomic E-state index is 12.0. The first kappa shape index (κ1) is 20.5. The fraction of sp³-hybridized carbons (Fsp3) is 0.176. The van der Waals surface area contributed by atoms with Crippen LogP contribution in [-0.4, -0.2) is 30.5 Å². The second-order valence-corrected chi connectivity index (χ2v) is 6.08. The van der Waals surface area contributed by atoms with Crippen LogP contribution in [0.25, 0.3) is 0 Å². The van der Waals surface area contributed by atoms with Gasteiger partial charge in [-0.15, -0.1) is 0 Å². The third-order valence-corrected chi connectivity index (χ3v) is 4.02. The number of nitrogens with zero attached hydrogens (tertiary/aromatic N) is 1. The Bertz CT molecular complexity index is 888. The molecule has 0 aromatic heterocycles. The van der Waals surface area contributed by atoms with E-state index in [1.54, 1.807) is 18.2 Å². The monoisotopic (exact) mass is 412 g/mol. The normalized spacial score (nSPS) is 10.2. The van der Waals surface area contributed by atoms with Gasteiger partial charge < -0.3 is 14.8 Å². The molecule has 2 aromatic rings. The minimum absolute atomic E-state index is 0.00846. The van der Waals surface area contributed by atoms with Crippen molar-refractivity contribution in [1.29, 1.82) is 0 Å². The number of nitrogens with one attached hydrogen (secondary N) is 1. The number of carbonyl (C=O) groups is 2.